The molecule has 148 valence electrons. The first-order valence-corrected chi connectivity index (χ1v) is 8.55. The predicted octanol–water partition coefficient (Wildman–Crippen LogP) is 1.17. The molecule has 1 fully saturated rings. The molecule has 0 saturated carbocycles. The normalized spacial score (nSPS) is 14.9. The van der Waals surface area contributed by atoms with Gasteiger partial charge in [0.05, 0.1) is 5.69 Å². The van der Waals surface area contributed by atoms with Gasteiger partial charge in [-0.3, -0.25) is 9.59 Å². The average Bonchev–Trinajstić information content (AvgIpc) is 2.65. The van der Waals surface area contributed by atoms with Gasteiger partial charge in [-0.15, -0.1) is 0 Å². The summed E-state index contributed by atoms with van der Waals surface area (Å²) < 4.78 is 39.8. The van der Waals surface area contributed by atoms with E-state index in [1.54, 1.807) is 4.90 Å². The summed E-state index contributed by atoms with van der Waals surface area (Å²) in [6.07, 6.45) is 0. The second kappa shape index (κ2) is 9.24. The monoisotopic (exact) mass is 385 g/mol. The van der Waals surface area contributed by atoms with Gasteiger partial charge in [-0.25, -0.2) is 18.2 Å². The number of nitrogens with zero attached hydrogens (tertiary/aromatic N) is 3. The summed E-state index contributed by atoms with van der Waals surface area (Å²) >= 11 is 0. The maximum absolute atomic E-state index is 13.6. The van der Waals surface area contributed by atoms with Crippen LogP contribution < -0.4 is 10.6 Å². The number of rotatable bonds is 4. The van der Waals surface area contributed by atoms with Crippen LogP contribution in [0, 0.1) is 17.5 Å². The van der Waals surface area contributed by atoms with Crippen molar-refractivity contribution in [3.63, 3.8) is 0 Å². The van der Waals surface area contributed by atoms with Crippen LogP contribution in [0.2, 0.25) is 0 Å². The average molecular weight is 385 g/mol. The van der Waals surface area contributed by atoms with Crippen LogP contribution in [0.15, 0.2) is 17.1 Å². The van der Waals surface area contributed by atoms with Crippen molar-refractivity contribution in [1.29, 1.82) is 0 Å². The molecule has 1 aromatic rings. The number of carbonyl (C=O) groups is 2. The van der Waals surface area contributed by atoms with Crippen molar-refractivity contribution in [2.45, 2.75) is 13.8 Å². The summed E-state index contributed by atoms with van der Waals surface area (Å²) in [5.74, 6) is -4.61. The van der Waals surface area contributed by atoms with E-state index in [0.29, 0.717) is 38.7 Å². The van der Waals surface area contributed by atoms with Gasteiger partial charge in [0.25, 0.3) is 0 Å². The molecule has 0 aromatic heterocycles. The molecule has 2 rings (SSSR count). The van der Waals surface area contributed by atoms with E-state index in [9.17, 15) is 22.8 Å². The van der Waals surface area contributed by atoms with E-state index in [1.165, 1.54) is 6.92 Å². The summed E-state index contributed by atoms with van der Waals surface area (Å²) in [5, 5.41) is 5.23. The topological polar surface area (TPSA) is 77.0 Å². The summed E-state index contributed by atoms with van der Waals surface area (Å²) in [7, 11) is 0. The predicted molar refractivity (Wildman–Crippen MR) is 94.8 cm³/mol. The first-order chi connectivity index (χ1) is 12.8. The molecule has 1 saturated heterocycles. The number of piperazine rings is 1. The van der Waals surface area contributed by atoms with Crippen molar-refractivity contribution in [3.05, 3.63) is 29.6 Å². The molecule has 7 nitrogen and oxygen atoms in total. The number of amides is 2. The molecule has 0 unspecified atom stereocenters. The summed E-state index contributed by atoms with van der Waals surface area (Å²) in [6.45, 7) is 5.85. The Hall–Kier alpha value is -2.78. The van der Waals surface area contributed by atoms with E-state index in [-0.39, 0.29) is 12.5 Å². The van der Waals surface area contributed by atoms with Crippen LogP contribution in [0.3, 0.4) is 0 Å². The zero-order valence-corrected chi connectivity index (χ0v) is 15.2. The van der Waals surface area contributed by atoms with Crippen LogP contribution in [0.5, 0.6) is 0 Å². The van der Waals surface area contributed by atoms with Crippen LogP contribution in [-0.4, -0.2) is 66.8 Å². The molecule has 0 radical (unpaired) electrons. The number of aliphatic imine (C=N–C) groups is 1. The lowest BCUT2D eigenvalue weighted by Gasteiger charge is -2.36. The number of carbonyl (C=O) groups excluding carboxylic acids is 2. The summed E-state index contributed by atoms with van der Waals surface area (Å²) in [4.78, 5) is 31.2. The molecular formula is C17H22F3N5O2. The minimum atomic E-state index is -1.65. The van der Waals surface area contributed by atoms with Crippen LogP contribution >= 0.6 is 0 Å². The Balaban J connectivity index is 1.99. The van der Waals surface area contributed by atoms with Gasteiger partial charge in [0.2, 0.25) is 11.8 Å². The highest BCUT2D eigenvalue weighted by atomic mass is 19.2. The molecule has 10 heteroatoms. The Morgan fingerprint density at radius 3 is 2.30 bits per heavy atom. The van der Waals surface area contributed by atoms with Crippen molar-refractivity contribution in [3.8, 4) is 0 Å². The SMILES string of the molecule is CCNC(=NCC(=O)Nc1ccc(F)c(F)c1F)N1CCN(C(C)=O)CC1. The molecule has 1 aromatic carbocycles. The quantitative estimate of drug-likeness (QED) is 0.464. The first kappa shape index (κ1) is 20.5. The first-order valence-electron chi connectivity index (χ1n) is 8.55. The lowest BCUT2D eigenvalue weighted by molar-refractivity contribution is -0.130. The second-order valence-corrected chi connectivity index (χ2v) is 5.93. The minimum Gasteiger partial charge on any atom is -0.357 e. The largest absolute Gasteiger partial charge is 0.357 e. The van der Waals surface area contributed by atoms with E-state index < -0.39 is 29.0 Å². The fraction of sp³-hybridized carbons (Fsp3) is 0.471. The van der Waals surface area contributed by atoms with Crippen LogP contribution in [0.1, 0.15) is 13.8 Å². The Morgan fingerprint density at radius 2 is 1.70 bits per heavy atom. The third kappa shape index (κ3) is 5.35. The van der Waals surface area contributed by atoms with Crippen LogP contribution in [0.25, 0.3) is 0 Å². The van der Waals surface area contributed by atoms with Gasteiger partial charge in [0.1, 0.15) is 6.54 Å². The molecule has 0 aliphatic carbocycles. The third-order valence-electron chi connectivity index (χ3n) is 4.04. The number of nitrogens with one attached hydrogen (secondary N) is 2. The van der Waals surface area contributed by atoms with Crippen molar-refractivity contribution < 1.29 is 22.8 Å². The highest BCUT2D eigenvalue weighted by Gasteiger charge is 2.21. The molecule has 27 heavy (non-hydrogen) atoms. The molecule has 2 amide bonds. The van der Waals surface area contributed by atoms with Gasteiger partial charge in [-0.2, -0.15) is 0 Å². The van der Waals surface area contributed by atoms with Crippen LogP contribution in [0.4, 0.5) is 18.9 Å². The van der Waals surface area contributed by atoms with Gasteiger partial charge in [-0.1, -0.05) is 0 Å². The number of guanidine groups is 1. The van der Waals surface area contributed by atoms with E-state index in [0.717, 1.165) is 12.1 Å². The molecule has 1 aliphatic heterocycles. The summed E-state index contributed by atoms with van der Waals surface area (Å²) in [6, 6.07) is 1.68. The molecule has 0 bridgehead atoms. The second-order valence-electron chi connectivity index (χ2n) is 5.93. The third-order valence-corrected chi connectivity index (χ3v) is 4.04. The van der Waals surface area contributed by atoms with E-state index in [4.69, 9.17) is 0 Å². The minimum absolute atomic E-state index is 0.00419. The smallest absolute Gasteiger partial charge is 0.246 e. The molecule has 1 aliphatic rings. The highest BCUT2D eigenvalue weighted by molar-refractivity contribution is 5.94. The molecule has 1 heterocycles. The van der Waals surface area contributed by atoms with E-state index in [2.05, 4.69) is 15.6 Å². The van der Waals surface area contributed by atoms with Crippen molar-refractivity contribution >= 4 is 23.5 Å². The van der Waals surface area contributed by atoms with Gasteiger partial charge >= 0.3 is 0 Å². The van der Waals surface area contributed by atoms with Gasteiger partial charge in [-0.05, 0) is 19.1 Å². The van der Waals surface area contributed by atoms with Gasteiger partial charge in [0.15, 0.2) is 23.4 Å². The zero-order valence-electron chi connectivity index (χ0n) is 15.2. The maximum atomic E-state index is 13.6. The molecule has 0 spiro atoms. The van der Waals surface area contributed by atoms with Crippen molar-refractivity contribution in [2.75, 3.05) is 44.6 Å². The number of hydrogen-bond donors (Lipinski definition) is 2. The highest BCUT2D eigenvalue weighted by Crippen LogP contribution is 2.19. The fourth-order valence-electron chi connectivity index (χ4n) is 2.62. The number of anilines is 1. The van der Waals surface area contributed by atoms with Crippen LogP contribution in [-0.2, 0) is 9.59 Å². The number of benzene rings is 1. The Morgan fingerprint density at radius 1 is 1.07 bits per heavy atom. The molecule has 0 atom stereocenters. The Labute approximate surface area is 155 Å². The Kier molecular flexibility index (Phi) is 7.03. The number of halogens is 3. The van der Waals surface area contributed by atoms with E-state index in [1.807, 2.05) is 11.8 Å². The van der Waals surface area contributed by atoms with Crippen molar-refractivity contribution in [2.24, 2.45) is 4.99 Å². The van der Waals surface area contributed by atoms with Gasteiger partial charge in [0, 0.05) is 39.6 Å². The summed E-state index contributed by atoms with van der Waals surface area (Å²) in [5.41, 5.74) is -0.450. The lowest BCUT2D eigenvalue weighted by Crippen LogP contribution is -2.53. The standard InChI is InChI=1S/C17H22F3N5O2/c1-3-21-17(25-8-6-24(7-9-25)11(2)26)22-10-14(27)23-13-5-4-12(18)15(19)16(13)20/h4-5H,3,6-10H2,1-2H3,(H,21,22)(H,23,27). The molecular weight excluding hydrogens is 363 g/mol. The fourth-order valence-corrected chi connectivity index (χ4v) is 2.62. The van der Waals surface area contributed by atoms with Crippen molar-refractivity contribution in [1.82, 2.24) is 15.1 Å². The van der Waals surface area contributed by atoms with E-state index >= 15 is 0 Å². The Bertz CT molecular complexity index is 734. The van der Waals surface area contributed by atoms with Gasteiger partial charge < -0.3 is 20.4 Å². The lowest BCUT2D eigenvalue weighted by atomic mass is 10.2. The zero-order chi connectivity index (χ0) is 20.0. The number of hydrogen-bond acceptors (Lipinski definition) is 3. The molecule has 2 N–H and O–H groups in total. The maximum Gasteiger partial charge on any atom is 0.246 e.